The summed E-state index contributed by atoms with van der Waals surface area (Å²) in [6, 6.07) is 57.1. The Morgan fingerprint density at radius 2 is 1.16 bits per heavy atom. The van der Waals surface area contributed by atoms with Crippen LogP contribution in [0.3, 0.4) is 0 Å². The summed E-state index contributed by atoms with van der Waals surface area (Å²) in [6.45, 7) is 0. The molecule has 0 N–H and O–H groups in total. The van der Waals surface area contributed by atoms with Gasteiger partial charge in [-0.3, -0.25) is 0 Å². The Kier molecular flexibility index (Phi) is 5.40. The zero-order valence-corrected chi connectivity index (χ0v) is 24.1. The van der Waals surface area contributed by atoms with E-state index in [0.29, 0.717) is 0 Å². The molecule has 0 bridgehead atoms. The standard InChI is InChI=1S/C40H26N2S/c1-3-13-28(14-4-1)41(30-23-25-37-34(26-30)39-31-17-8-7-12-27(31)22-24-38(39)43-37)36-21-11-19-33-32-18-9-10-20-35(32)42(40(33)36)29-15-5-2-6-16-29/h1-26H. The van der Waals surface area contributed by atoms with Gasteiger partial charge in [0.05, 0.1) is 16.7 Å². The van der Waals surface area contributed by atoms with Crippen molar-refractivity contribution in [3.05, 3.63) is 158 Å². The maximum Gasteiger partial charge on any atom is 0.0782 e. The number of benzene rings is 7. The Morgan fingerprint density at radius 1 is 0.465 bits per heavy atom. The number of rotatable bonds is 4. The van der Waals surface area contributed by atoms with Crippen LogP contribution >= 0.6 is 11.3 Å². The molecule has 2 heterocycles. The van der Waals surface area contributed by atoms with E-state index in [1.807, 2.05) is 11.3 Å². The summed E-state index contributed by atoms with van der Waals surface area (Å²) in [7, 11) is 0. The van der Waals surface area contributed by atoms with E-state index in [0.717, 1.165) is 22.7 Å². The van der Waals surface area contributed by atoms with Gasteiger partial charge in [0.1, 0.15) is 0 Å². The van der Waals surface area contributed by atoms with E-state index in [2.05, 4.69) is 167 Å². The zero-order chi connectivity index (χ0) is 28.3. The highest BCUT2D eigenvalue weighted by atomic mass is 32.1. The molecule has 202 valence electrons. The summed E-state index contributed by atoms with van der Waals surface area (Å²) >= 11 is 1.87. The normalized spacial score (nSPS) is 11.7. The number of fused-ring (bicyclic) bond motifs is 8. The maximum absolute atomic E-state index is 2.43. The lowest BCUT2D eigenvalue weighted by Gasteiger charge is -2.27. The number of nitrogens with zero attached hydrogens (tertiary/aromatic N) is 2. The van der Waals surface area contributed by atoms with Gasteiger partial charge in [0.2, 0.25) is 0 Å². The van der Waals surface area contributed by atoms with Gasteiger partial charge < -0.3 is 9.47 Å². The van der Waals surface area contributed by atoms with Gasteiger partial charge in [-0.25, -0.2) is 0 Å². The molecule has 0 fully saturated rings. The first-order valence-electron chi connectivity index (χ1n) is 14.6. The molecule has 0 aliphatic rings. The van der Waals surface area contributed by atoms with Crippen molar-refractivity contribution in [1.82, 2.24) is 4.57 Å². The van der Waals surface area contributed by atoms with E-state index >= 15 is 0 Å². The third kappa shape index (κ3) is 3.72. The van der Waals surface area contributed by atoms with E-state index in [1.54, 1.807) is 0 Å². The molecular weight excluding hydrogens is 541 g/mol. The number of thiophene rings is 1. The Labute approximate surface area is 253 Å². The molecule has 0 radical (unpaired) electrons. The van der Waals surface area contributed by atoms with Gasteiger partial charge in [0.25, 0.3) is 0 Å². The van der Waals surface area contributed by atoms with Gasteiger partial charge in [-0.15, -0.1) is 11.3 Å². The van der Waals surface area contributed by atoms with Crippen LogP contribution in [-0.4, -0.2) is 4.57 Å². The van der Waals surface area contributed by atoms with Crippen LogP contribution in [0.4, 0.5) is 17.1 Å². The fourth-order valence-electron chi connectivity index (χ4n) is 6.70. The lowest BCUT2D eigenvalue weighted by Crippen LogP contribution is -2.11. The van der Waals surface area contributed by atoms with Crippen LogP contribution in [0.1, 0.15) is 0 Å². The molecule has 0 aliphatic carbocycles. The second kappa shape index (κ2) is 9.59. The zero-order valence-electron chi connectivity index (χ0n) is 23.3. The lowest BCUT2D eigenvalue weighted by atomic mass is 10.0. The van der Waals surface area contributed by atoms with Crippen LogP contribution in [0.25, 0.3) is 58.4 Å². The molecule has 3 heteroatoms. The monoisotopic (exact) mass is 566 g/mol. The molecule has 2 nitrogen and oxygen atoms in total. The molecule has 2 aromatic heterocycles. The van der Waals surface area contributed by atoms with E-state index in [1.165, 1.54) is 52.8 Å². The Hall–Kier alpha value is -5.38. The average Bonchev–Trinajstić information content (AvgIpc) is 3.62. The predicted octanol–water partition coefficient (Wildman–Crippen LogP) is 11.8. The number of hydrogen-bond acceptors (Lipinski definition) is 2. The summed E-state index contributed by atoms with van der Waals surface area (Å²) in [5.41, 5.74) is 6.97. The smallest absolute Gasteiger partial charge is 0.0782 e. The van der Waals surface area contributed by atoms with Crippen LogP contribution < -0.4 is 4.90 Å². The molecule has 7 aromatic carbocycles. The van der Waals surface area contributed by atoms with Crippen LogP contribution in [0, 0.1) is 0 Å². The summed E-state index contributed by atoms with van der Waals surface area (Å²) in [5, 5.41) is 7.71. The second-order valence-corrected chi connectivity index (χ2v) is 12.1. The Morgan fingerprint density at radius 3 is 2.02 bits per heavy atom. The van der Waals surface area contributed by atoms with Crippen molar-refractivity contribution in [2.24, 2.45) is 0 Å². The van der Waals surface area contributed by atoms with Gasteiger partial charge >= 0.3 is 0 Å². The summed E-state index contributed by atoms with van der Waals surface area (Å²) < 4.78 is 5.05. The van der Waals surface area contributed by atoms with Crippen LogP contribution in [-0.2, 0) is 0 Å². The van der Waals surface area contributed by atoms with E-state index < -0.39 is 0 Å². The summed E-state index contributed by atoms with van der Waals surface area (Å²) in [4.78, 5) is 2.43. The SMILES string of the molecule is c1ccc(N(c2ccc3sc4ccc5ccccc5c4c3c2)c2cccc3c4ccccc4n(-c4ccccc4)c23)cc1. The number of aromatic nitrogens is 1. The van der Waals surface area contributed by atoms with Crippen LogP contribution in [0.5, 0.6) is 0 Å². The number of para-hydroxylation sites is 4. The van der Waals surface area contributed by atoms with Gasteiger partial charge in [0, 0.05) is 48.0 Å². The highest BCUT2D eigenvalue weighted by Crippen LogP contribution is 2.46. The van der Waals surface area contributed by atoms with Crippen molar-refractivity contribution in [1.29, 1.82) is 0 Å². The van der Waals surface area contributed by atoms with Crippen molar-refractivity contribution in [3.8, 4) is 5.69 Å². The van der Waals surface area contributed by atoms with E-state index in [9.17, 15) is 0 Å². The van der Waals surface area contributed by atoms with E-state index in [-0.39, 0.29) is 0 Å². The quantitative estimate of drug-likeness (QED) is 0.206. The molecule has 0 saturated heterocycles. The molecular formula is C40H26N2S. The number of hydrogen-bond donors (Lipinski definition) is 0. The van der Waals surface area contributed by atoms with Crippen LogP contribution in [0.2, 0.25) is 0 Å². The molecule has 0 atom stereocenters. The minimum Gasteiger partial charge on any atom is -0.308 e. The Balaban J connectivity index is 1.38. The third-order valence-corrected chi connectivity index (χ3v) is 9.68. The first-order valence-corrected chi connectivity index (χ1v) is 15.4. The van der Waals surface area contributed by atoms with Crippen molar-refractivity contribution in [2.75, 3.05) is 4.90 Å². The summed E-state index contributed by atoms with van der Waals surface area (Å²) in [6.07, 6.45) is 0. The average molecular weight is 567 g/mol. The minimum absolute atomic E-state index is 1.13. The topological polar surface area (TPSA) is 8.17 Å². The first-order chi connectivity index (χ1) is 21.3. The van der Waals surface area contributed by atoms with Gasteiger partial charge in [-0.2, -0.15) is 0 Å². The van der Waals surface area contributed by atoms with E-state index in [4.69, 9.17) is 0 Å². The van der Waals surface area contributed by atoms with Crippen molar-refractivity contribution < 1.29 is 0 Å². The molecule has 0 saturated carbocycles. The largest absolute Gasteiger partial charge is 0.308 e. The third-order valence-electron chi connectivity index (χ3n) is 8.54. The van der Waals surface area contributed by atoms with Crippen molar-refractivity contribution in [3.63, 3.8) is 0 Å². The molecule has 0 spiro atoms. The van der Waals surface area contributed by atoms with Crippen molar-refractivity contribution >= 4 is 81.1 Å². The van der Waals surface area contributed by atoms with Crippen LogP contribution in [0.15, 0.2) is 158 Å². The molecule has 0 unspecified atom stereocenters. The molecule has 43 heavy (non-hydrogen) atoms. The molecule has 9 aromatic rings. The Bertz CT molecular complexity index is 2450. The molecule has 0 aliphatic heterocycles. The fourth-order valence-corrected chi connectivity index (χ4v) is 7.81. The molecule has 9 rings (SSSR count). The maximum atomic E-state index is 2.43. The highest BCUT2D eigenvalue weighted by Gasteiger charge is 2.22. The fraction of sp³-hybridized carbons (Fsp3) is 0. The van der Waals surface area contributed by atoms with Crippen molar-refractivity contribution in [2.45, 2.75) is 0 Å². The first kappa shape index (κ1) is 24.2. The van der Waals surface area contributed by atoms with Gasteiger partial charge in [-0.1, -0.05) is 97.1 Å². The van der Waals surface area contributed by atoms with Gasteiger partial charge in [0.15, 0.2) is 0 Å². The minimum atomic E-state index is 1.13. The predicted molar refractivity (Wildman–Crippen MR) is 186 cm³/mol. The highest BCUT2D eigenvalue weighted by molar-refractivity contribution is 7.26. The lowest BCUT2D eigenvalue weighted by molar-refractivity contribution is 1.17. The van der Waals surface area contributed by atoms with Gasteiger partial charge in [-0.05, 0) is 71.4 Å². The summed E-state index contributed by atoms with van der Waals surface area (Å²) in [5.74, 6) is 0. The molecule has 0 amide bonds. The number of anilines is 3. The second-order valence-electron chi connectivity index (χ2n) is 11.0.